The van der Waals surface area contributed by atoms with Gasteiger partial charge in [-0.25, -0.2) is 4.98 Å². The zero-order valence-corrected chi connectivity index (χ0v) is 19.9. The van der Waals surface area contributed by atoms with Crippen molar-refractivity contribution in [3.8, 4) is 22.5 Å². The predicted molar refractivity (Wildman–Crippen MR) is 132 cm³/mol. The molecule has 1 aromatic carbocycles. The Morgan fingerprint density at radius 2 is 1.80 bits per heavy atom. The van der Waals surface area contributed by atoms with Crippen molar-refractivity contribution in [2.75, 3.05) is 0 Å². The number of aromatic nitrogens is 6. The number of nitrogens with two attached hydrogens (primary N) is 1. The molecule has 0 radical (unpaired) electrons. The first-order valence-corrected chi connectivity index (χ1v) is 11.6. The van der Waals surface area contributed by atoms with E-state index in [-0.39, 0.29) is 17.9 Å². The van der Waals surface area contributed by atoms with Gasteiger partial charge in [0, 0.05) is 38.5 Å². The summed E-state index contributed by atoms with van der Waals surface area (Å²) in [6, 6.07) is 9.76. The number of benzene rings is 1. The molecule has 0 aliphatic carbocycles. The second-order valence-corrected chi connectivity index (χ2v) is 8.63. The molecule has 0 saturated heterocycles. The Morgan fingerprint density at radius 3 is 2.46 bits per heavy atom. The number of imidazole rings is 1. The van der Waals surface area contributed by atoms with Gasteiger partial charge < -0.3 is 16.0 Å². The molecule has 0 aliphatic heterocycles. The molecule has 0 fully saturated rings. The number of unbranched alkanes of at least 4 members (excludes halogenated alkanes) is 2. The molecule has 0 unspecified atom stereocenters. The Balaban J connectivity index is 1.47. The minimum atomic E-state index is -0.308. The molecular weight excluding hydrogens is 444 g/mol. The number of hydrogen-bond acceptors (Lipinski definition) is 5. The first-order valence-electron chi connectivity index (χ1n) is 11.6. The zero-order valence-electron chi connectivity index (χ0n) is 19.9. The largest absolute Gasteiger partial charge is 0.370 e. The van der Waals surface area contributed by atoms with Gasteiger partial charge in [0.1, 0.15) is 5.82 Å². The Morgan fingerprint density at radius 1 is 1.03 bits per heavy atom. The molecule has 4 aromatic rings. The van der Waals surface area contributed by atoms with Crippen LogP contribution in [0.4, 0.5) is 0 Å². The van der Waals surface area contributed by atoms with E-state index in [2.05, 4.69) is 25.5 Å². The van der Waals surface area contributed by atoms with E-state index >= 15 is 0 Å². The van der Waals surface area contributed by atoms with Crippen LogP contribution in [-0.4, -0.2) is 41.3 Å². The normalized spacial score (nSPS) is 11.9. The van der Waals surface area contributed by atoms with Gasteiger partial charge in [0.2, 0.25) is 5.91 Å². The number of H-pyrrole nitrogens is 1. The van der Waals surface area contributed by atoms with Crippen LogP contribution in [0.5, 0.6) is 0 Å². The van der Waals surface area contributed by atoms with Crippen LogP contribution >= 0.6 is 0 Å². The van der Waals surface area contributed by atoms with Crippen molar-refractivity contribution >= 4 is 11.8 Å². The molecule has 2 amide bonds. The minimum Gasteiger partial charge on any atom is -0.370 e. The molecule has 182 valence electrons. The van der Waals surface area contributed by atoms with Crippen molar-refractivity contribution in [1.82, 2.24) is 34.8 Å². The average Bonchev–Trinajstić information content (AvgIpc) is 3.59. The molecule has 10 heteroatoms. The summed E-state index contributed by atoms with van der Waals surface area (Å²) in [6.45, 7) is 0. The van der Waals surface area contributed by atoms with Crippen LogP contribution in [0, 0.1) is 0 Å². The zero-order chi connectivity index (χ0) is 24.8. The molecule has 3 aromatic heterocycles. The summed E-state index contributed by atoms with van der Waals surface area (Å²) in [5, 5.41) is 11.6. The molecule has 0 saturated carbocycles. The van der Waals surface area contributed by atoms with Crippen molar-refractivity contribution in [2.24, 2.45) is 19.8 Å². The van der Waals surface area contributed by atoms with Crippen LogP contribution in [0.25, 0.3) is 22.5 Å². The van der Waals surface area contributed by atoms with Crippen molar-refractivity contribution in [1.29, 1.82) is 0 Å². The fourth-order valence-corrected chi connectivity index (χ4v) is 3.93. The first-order chi connectivity index (χ1) is 16.9. The van der Waals surface area contributed by atoms with E-state index in [1.807, 2.05) is 43.6 Å². The number of nitrogens with zero attached hydrogens (tertiary/aromatic N) is 5. The maximum atomic E-state index is 12.8. The number of amides is 2. The molecule has 0 spiro atoms. The van der Waals surface area contributed by atoms with Crippen LogP contribution in [-0.2, 0) is 18.9 Å². The summed E-state index contributed by atoms with van der Waals surface area (Å²) in [5.74, 6) is 0.176. The lowest BCUT2D eigenvalue weighted by molar-refractivity contribution is -0.118. The van der Waals surface area contributed by atoms with Crippen LogP contribution in [0.15, 0.2) is 55.1 Å². The highest BCUT2D eigenvalue weighted by atomic mass is 16.2. The maximum Gasteiger partial charge on any atom is 0.255 e. The van der Waals surface area contributed by atoms with Crippen molar-refractivity contribution in [2.45, 2.75) is 38.1 Å². The van der Waals surface area contributed by atoms with E-state index in [4.69, 9.17) is 5.73 Å². The van der Waals surface area contributed by atoms with Crippen LogP contribution in [0.2, 0.25) is 0 Å². The van der Waals surface area contributed by atoms with Crippen LogP contribution < -0.4 is 11.1 Å². The Kier molecular flexibility index (Phi) is 7.39. The van der Waals surface area contributed by atoms with Gasteiger partial charge in [0.25, 0.3) is 5.91 Å². The quantitative estimate of drug-likeness (QED) is 0.287. The number of aromatic amines is 1. The third-order valence-electron chi connectivity index (χ3n) is 5.82. The standard InChI is InChI=1S/C25H30N8O2/c1-32-13-12-20(31-32)17-8-10-18(11-9-17)22-15-27-24(29-22)21(6-4-3-5-7-23(26)34)30-25(35)19-14-28-33(2)16-19/h8-16,21H,3-7H2,1-2H3,(H2,26,34)(H,27,29)(H,30,35)/t21-/m0/s1. The molecular formula is C25H30N8O2. The summed E-state index contributed by atoms with van der Waals surface area (Å²) in [5.41, 5.74) is 9.53. The molecule has 0 aliphatic rings. The van der Waals surface area contributed by atoms with Gasteiger partial charge in [-0.1, -0.05) is 37.1 Å². The van der Waals surface area contributed by atoms with E-state index in [0.29, 0.717) is 24.2 Å². The van der Waals surface area contributed by atoms with E-state index in [0.717, 1.165) is 41.8 Å². The van der Waals surface area contributed by atoms with Gasteiger partial charge in [0.15, 0.2) is 0 Å². The fourth-order valence-electron chi connectivity index (χ4n) is 3.93. The Bertz CT molecular complexity index is 1280. The van der Waals surface area contributed by atoms with Crippen molar-refractivity contribution in [3.63, 3.8) is 0 Å². The Labute approximate surface area is 203 Å². The van der Waals surface area contributed by atoms with Gasteiger partial charge in [0.05, 0.1) is 35.4 Å². The maximum absolute atomic E-state index is 12.8. The van der Waals surface area contributed by atoms with Gasteiger partial charge in [-0.2, -0.15) is 10.2 Å². The van der Waals surface area contributed by atoms with Gasteiger partial charge in [-0.3, -0.25) is 19.0 Å². The number of nitrogens with one attached hydrogen (secondary N) is 2. The van der Waals surface area contributed by atoms with Crippen molar-refractivity contribution in [3.05, 3.63) is 66.5 Å². The summed E-state index contributed by atoms with van der Waals surface area (Å²) < 4.78 is 3.37. The minimum absolute atomic E-state index is 0.210. The number of carbonyl (C=O) groups excluding carboxylic acids is 2. The fraction of sp³-hybridized carbons (Fsp3) is 0.320. The monoisotopic (exact) mass is 474 g/mol. The highest BCUT2D eigenvalue weighted by molar-refractivity contribution is 5.93. The second kappa shape index (κ2) is 10.8. The lowest BCUT2D eigenvalue weighted by atomic mass is 10.1. The second-order valence-electron chi connectivity index (χ2n) is 8.63. The van der Waals surface area contributed by atoms with E-state index in [1.165, 1.54) is 6.20 Å². The SMILES string of the molecule is Cn1cc(C(=O)N[C@@H](CCCCCC(N)=O)c2ncc(-c3ccc(-c4ccn(C)n4)cc3)[nH]2)cn1. The van der Waals surface area contributed by atoms with Crippen LogP contribution in [0.3, 0.4) is 0 Å². The van der Waals surface area contributed by atoms with Gasteiger partial charge in [-0.05, 0) is 24.5 Å². The van der Waals surface area contributed by atoms with Gasteiger partial charge in [-0.15, -0.1) is 0 Å². The van der Waals surface area contributed by atoms with Crippen molar-refractivity contribution < 1.29 is 9.59 Å². The summed E-state index contributed by atoms with van der Waals surface area (Å²) in [7, 11) is 3.66. The van der Waals surface area contributed by atoms with E-state index in [1.54, 1.807) is 28.8 Å². The summed E-state index contributed by atoms with van der Waals surface area (Å²) in [4.78, 5) is 31.7. The number of primary amides is 1. The molecule has 0 bridgehead atoms. The number of hydrogen-bond donors (Lipinski definition) is 3. The molecule has 3 heterocycles. The summed E-state index contributed by atoms with van der Waals surface area (Å²) in [6.07, 6.45) is 10.3. The molecule has 10 nitrogen and oxygen atoms in total. The smallest absolute Gasteiger partial charge is 0.255 e. The predicted octanol–water partition coefficient (Wildman–Crippen LogP) is 3.12. The molecule has 4 N–H and O–H groups in total. The van der Waals surface area contributed by atoms with E-state index < -0.39 is 0 Å². The number of aryl methyl sites for hydroxylation is 2. The summed E-state index contributed by atoms with van der Waals surface area (Å²) >= 11 is 0. The molecule has 4 rings (SSSR count). The first kappa shape index (κ1) is 23.9. The lowest BCUT2D eigenvalue weighted by Gasteiger charge is -2.16. The van der Waals surface area contributed by atoms with Gasteiger partial charge >= 0.3 is 0 Å². The topological polar surface area (TPSA) is 137 Å². The third-order valence-corrected chi connectivity index (χ3v) is 5.82. The lowest BCUT2D eigenvalue weighted by Crippen LogP contribution is -2.29. The molecule has 1 atom stereocenters. The number of rotatable bonds is 11. The number of carbonyl (C=O) groups is 2. The third kappa shape index (κ3) is 6.23. The highest BCUT2D eigenvalue weighted by Gasteiger charge is 2.20. The molecule has 35 heavy (non-hydrogen) atoms. The van der Waals surface area contributed by atoms with Crippen LogP contribution in [0.1, 0.15) is 54.3 Å². The highest BCUT2D eigenvalue weighted by Crippen LogP contribution is 2.25. The Hall–Kier alpha value is -4.21. The van der Waals surface area contributed by atoms with E-state index in [9.17, 15) is 9.59 Å². The average molecular weight is 475 g/mol.